The molecule has 23 heteroatoms. The van der Waals surface area contributed by atoms with Crippen LogP contribution in [0.3, 0.4) is 0 Å². The SMILES string of the molecule is CC(=O)N[C@@H](CC(=O)O)C(=O)N[C@@H](CCC(=O)O)C(=O)N[C@H](C(=O)N[C@@H](CCC(=O)O)C(=O)N[C@@H](CC1CCCCC1)C(=O)N[C@@H](CC(F)F)C(=O)C(=O)O)C(c1ccccc1)c1ccccc1. The largest absolute Gasteiger partial charge is 0.481 e. The minimum Gasteiger partial charge on any atom is -0.481 e. The number of benzene rings is 2. The Morgan fingerprint density at radius 1 is 0.544 bits per heavy atom. The van der Waals surface area contributed by atoms with E-state index in [0.717, 1.165) is 26.2 Å². The zero-order valence-corrected chi connectivity index (χ0v) is 37.0. The van der Waals surface area contributed by atoms with Crippen LogP contribution in [0.5, 0.6) is 0 Å². The number of hydrogen-bond acceptors (Lipinski definition) is 11. The molecule has 2 aromatic rings. The number of hydrogen-bond donors (Lipinski definition) is 10. The van der Waals surface area contributed by atoms with E-state index >= 15 is 0 Å². The maximum Gasteiger partial charge on any atom is 0.374 e. The summed E-state index contributed by atoms with van der Waals surface area (Å²) in [6, 6.07) is 5.18. The second-order valence-electron chi connectivity index (χ2n) is 16.3. The molecule has 10 N–H and O–H groups in total. The number of carbonyl (C=O) groups is 11. The maximum absolute atomic E-state index is 14.8. The lowest BCUT2D eigenvalue weighted by Gasteiger charge is -2.32. The van der Waals surface area contributed by atoms with Crippen molar-refractivity contribution in [2.24, 2.45) is 5.92 Å². The normalized spacial score (nSPS) is 15.2. The molecule has 0 heterocycles. The Kier molecular flexibility index (Phi) is 22.1. The van der Waals surface area contributed by atoms with Gasteiger partial charge in [0.25, 0.3) is 5.78 Å². The molecule has 0 unspecified atom stereocenters. The first-order chi connectivity index (χ1) is 32.2. The van der Waals surface area contributed by atoms with E-state index in [2.05, 4.69) is 26.6 Å². The van der Waals surface area contributed by atoms with Gasteiger partial charge in [0.1, 0.15) is 36.3 Å². The zero-order valence-electron chi connectivity index (χ0n) is 37.0. The van der Waals surface area contributed by atoms with Crippen LogP contribution < -0.4 is 31.9 Å². The van der Waals surface area contributed by atoms with Crippen molar-refractivity contribution in [3.05, 3.63) is 71.8 Å². The molecule has 21 nitrogen and oxygen atoms in total. The second-order valence-corrected chi connectivity index (χ2v) is 16.3. The van der Waals surface area contributed by atoms with Gasteiger partial charge in [-0.2, -0.15) is 0 Å². The zero-order chi connectivity index (χ0) is 50.5. The van der Waals surface area contributed by atoms with Crippen LogP contribution in [0.4, 0.5) is 8.78 Å². The molecule has 1 aliphatic rings. The number of amides is 6. The first-order valence-electron chi connectivity index (χ1n) is 21.8. The van der Waals surface area contributed by atoms with Gasteiger partial charge in [-0.25, -0.2) is 13.6 Å². The van der Waals surface area contributed by atoms with Gasteiger partial charge < -0.3 is 52.3 Å². The van der Waals surface area contributed by atoms with Crippen LogP contribution in [0.25, 0.3) is 0 Å². The molecule has 1 fully saturated rings. The number of carboxylic acid groups (broad SMARTS) is 4. The summed E-state index contributed by atoms with van der Waals surface area (Å²) in [7, 11) is 0. The molecule has 0 bridgehead atoms. The van der Waals surface area contributed by atoms with Crippen molar-refractivity contribution in [2.45, 2.75) is 133 Å². The standard InChI is InChI=1S/C45H56F2N6O15/c1-24(54)48-32(23-36(59)60)43(65)49-29(18-20-35(57)58)41(63)53-38(37(26-13-7-3-8-14-26)27-15-9-4-10-16-27)44(66)50-28(17-19-34(55)56)40(62)52-31(21-25-11-5-2-6-12-25)42(64)51-30(22-33(46)47)39(61)45(67)68/h3-4,7-10,13-16,25,28-33,37-38H,2,5-6,11-12,17-23H2,1H3,(H,48,54)(H,49,65)(H,50,66)(H,51,64)(H,52,62)(H,53,63)(H,55,56)(H,57,58)(H,59,60)(H,67,68)/t28-,29-,30-,31-,32-,38-/m0/s1. The average Bonchev–Trinajstić information content (AvgIpc) is 3.28. The molecule has 3 rings (SSSR count). The number of carboxylic acids is 4. The van der Waals surface area contributed by atoms with Crippen molar-refractivity contribution >= 4 is 65.1 Å². The van der Waals surface area contributed by atoms with Crippen LogP contribution in [-0.4, -0.2) is 128 Å². The monoisotopic (exact) mass is 958 g/mol. The smallest absolute Gasteiger partial charge is 0.374 e. The van der Waals surface area contributed by atoms with Gasteiger partial charge in [0, 0.05) is 32.1 Å². The Morgan fingerprint density at radius 3 is 1.44 bits per heavy atom. The van der Waals surface area contributed by atoms with E-state index in [1.807, 2.05) is 5.32 Å². The molecule has 0 saturated heterocycles. The number of carbonyl (C=O) groups excluding carboxylic acids is 7. The highest BCUT2D eigenvalue weighted by atomic mass is 19.3. The fraction of sp³-hybridized carbons (Fsp3) is 0.489. The van der Waals surface area contributed by atoms with Crippen LogP contribution >= 0.6 is 0 Å². The van der Waals surface area contributed by atoms with Crippen LogP contribution in [0.15, 0.2) is 60.7 Å². The third-order valence-electron chi connectivity index (χ3n) is 11.0. The van der Waals surface area contributed by atoms with E-state index in [4.69, 9.17) is 0 Å². The van der Waals surface area contributed by atoms with Gasteiger partial charge in [-0.1, -0.05) is 92.8 Å². The summed E-state index contributed by atoms with van der Waals surface area (Å²) < 4.78 is 26.9. The number of halogens is 2. The Bertz CT molecular complexity index is 2070. The minimum atomic E-state index is -3.23. The number of rotatable bonds is 28. The second kappa shape index (κ2) is 27.3. The molecule has 370 valence electrons. The van der Waals surface area contributed by atoms with Crippen molar-refractivity contribution in [1.82, 2.24) is 31.9 Å². The highest BCUT2D eigenvalue weighted by Gasteiger charge is 2.39. The third-order valence-corrected chi connectivity index (χ3v) is 11.0. The predicted octanol–water partition coefficient (Wildman–Crippen LogP) is 1.23. The maximum atomic E-state index is 14.8. The van der Waals surface area contributed by atoms with E-state index in [9.17, 15) is 81.9 Å². The fourth-order valence-electron chi connectivity index (χ4n) is 7.78. The van der Waals surface area contributed by atoms with Gasteiger partial charge in [0.2, 0.25) is 41.9 Å². The van der Waals surface area contributed by atoms with E-state index in [-0.39, 0.29) is 12.3 Å². The topological polar surface area (TPSA) is 341 Å². The van der Waals surface area contributed by atoms with Gasteiger partial charge in [-0.3, -0.25) is 47.9 Å². The van der Waals surface area contributed by atoms with E-state index in [0.29, 0.717) is 24.0 Å². The molecule has 1 aliphatic carbocycles. The van der Waals surface area contributed by atoms with Gasteiger partial charge in [-0.15, -0.1) is 0 Å². The molecule has 0 aromatic heterocycles. The fourth-order valence-corrected chi connectivity index (χ4v) is 7.78. The van der Waals surface area contributed by atoms with Gasteiger partial charge in [0.05, 0.1) is 6.42 Å². The van der Waals surface area contributed by atoms with Gasteiger partial charge in [0.15, 0.2) is 0 Å². The van der Waals surface area contributed by atoms with Crippen molar-refractivity contribution in [1.29, 1.82) is 0 Å². The lowest BCUT2D eigenvalue weighted by atomic mass is 9.84. The van der Waals surface area contributed by atoms with Crippen LogP contribution in [0.1, 0.15) is 101 Å². The van der Waals surface area contributed by atoms with Crippen LogP contribution in [0.2, 0.25) is 0 Å². The predicted molar refractivity (Wildman–Crippen MR) is 232 cm³/mol. The molecule has 6 amide bonds. The summed E-state index contributed by atoms with van der Waals surface area (Å²) >= 11 is 0. The number of alkyl halides is 2. The van der Waals surface area contributed by atoms with Gasteiger partial charge >= 0.3 is 23.9 Å². The van der Waals surface area contributed by atoms with Crippen molar-refractivity contribution in [3.8, 4) is 0 Å². The molecular formula is C45H56F2N6O15. The summed E-state index contributed by atoms with van der Waals surface area (Å²) in [5.41, 5.74) is 0.782. The van der Waals surface area contributed by atoms with Gasteiger partial charge in [-0.05, 0) is 36.3 Å². The number of ketones is 1. The van der Waals surface area contributed by atoms with Crippen LogP contribution in [0, 0.1) is 5.92 Å². The van der Waals surface area contributed by atoms with E-state index < -0.39 is 152 Å². The summed E-state index contributed by atoms with van der Waals surface area (Å²) in [4.78, 5) is 141. The molecular weight excluding hydrogens is 903 g/mol. The lowest BCUT2D eigenvalue weighted by Crippen LogP contribution is -2.61. The highest BCUT2D eigenvalue weighted by molar-refractivity contribution is 6.35. The Morgan fingerprint density at radius 2 is 0.985 bits per heavy atom. The Labute approximate surface area is 388 Å². The summed E-state index contributed by atoms with van der Waals surface area (Å²) in [6.45, 7) is 1.000. The number of nitrogens with one attached hydrogen (secondary N) is 6. The van der Waals surface area contributed by atoms with Crippen molar-refractivity contribution in [3.63, 3.8) is 0 Å². The summed E-state index contributed by atoms with van der Waals surface area (Å²) in [6.07, 6.45) is -4.89. The van der Waals surface area contributed by atoms with E-state index in [1.54, 1.807) is 60.7 Å². The minimum absolute atomic E-state index is 0.124. The lowest BCUT2D eigenvalue weighted by molar-refractivity contribution is -0.151. The van der Waals surface area contributed by atoms with Crippen molar-refractivity contribution in [2.75, 3.05) is 0 Å². The number of Topliss-reactive ketones (excluding diaryl/α,β-unsaturated/α-hetero) is 1. The molecule has 1 saturated carbocycles. The Hall–Kier alpha value is -7.33. The molecule has 6 atom stereocenters. The average molecular weight is 959 g/mol. The first kappa shape index (κ1) is 55.0. The van der Waals surface area contributed by atoms with Crippen LogP contribution in [-0.2, 0) is 52.7 Å². The molecule has 0 radical (unpaired) electrons. The molecule has 0 aliphatic heterocycles. The molecule has 0 spiro atoms. The van der Waals surface area contributed by atoms with E-state index in [1.165, 1.54) is 0 Å². The number of aliphatic carboxylic acids is 4. The molecule has 68 heavy (non-hydrogen) atoms. The first-order valence-corrected chi connectivity index (χ1v) is 21.8. The third kappa shape index (κ3) is 18.5. The quantitative estimate of drug-likeness (QED) is 0.0537. The summed E-state index contributed by atoms with van der Waals surface area (Å²) in [5, 5.41) is 51.6. The summed E-state index contributed by atoms with van der Waals surface area (Å²) in [5.74, 6) is -16.3. The highest BCUT2D eigenvalue weighted by Crippen LogP contribution is 2.30. The Balaban J connectivity index is 2.12. The van der Waals surface area contributed by atoms with Crippen molar-refractivity contribution < 1.29 is 81.9 Å². The molecule has 2 aromatic carbocycles.